The number of halogens is 1. The van der Waals surface area contributed by atoms with E-state index in [1.54, 1.807) is 0 Å². The lowest BCUT2D eigenvalue weighted by molar-refractivity contribution is 0.315. The molecule has 0 bridgehead atoms. The molecule has 5 heteroatoms. The molecule has 110 valence electrons. The van der Waals surface area contributed by atoms with Gasteiger partial charge in [-0.1, -0.05) is 22.0 Å². The molecule has 0 aliphatic carbocycles. The lowest BCUT2D eigenvalue weighted by Gasteiger charge is -2.15. The molecule has 3 rings (SSSR count). The molecule has 0 atom stereocenters. The third-order valence-corrected chi connectivity index (χ3v) is 4.58. The highest BCUT2D eigenvalue weighted by molar-refractivity contribution is 9.10. The maximum Gasteiger partial charge on any atom is 0.0537 e. The Morgan fingerprint density at radius 3 is 2.81 bits per heavy atom. The highest BCUT2D eigenvalue weighted by Gasteiger charge is 2.09. The molecule has 1 N–H and O–H groups in total. The summed E-state index contributed by atoms with van der Waals surface area (Å²) in [5.74, 6) is 0. The van der Waals surface area contributed by atoms with Gasteiger partial charge in [-0.15, -0.1) is 0 Å². The Morgan fingerprint density at radius 2 is 2.14 bits per heavy atom. The number of hydrogen-bond acceptors (Lipinski definition) is 2. The monoisotopic (exact) mass is 346 g/mol. The number of nitrogens with one attached hydrogen (secondary N) is 1. The van der Waals surface area contributed by atoms with E-state index in [0.717, 1.165) is 17.6 Å². The zero-order valence-electron chi connectivity index (χ0n) is 12.5. The number of aryl methyl sites for hydroxylation is 1. The molecule has 0 spiro atoms. The molecule has 2 aromatic heterocycles. The second-order valence-electron chi connectivity index (χ2n) is 5.55. The molecule has 0 aliphatic heterocycles. The van der Waals surface area contributed by atoms with Gasteiger partial charge in [-0.25, -0.2) is 0 Å². The first-order chi connectivity index (χ1) is 10.0. The number of hydrogen-bond donors (Lipinski definition) is 1. The molecule has 4 nitrogen and oxygen atoms in total. The normalized spacial score (nSPS) is 11.7. The molecule has 0 radical (unpaired) electrons. The van der Waals surface area contributed by atoms with Gasteiger partial charge < -0.3 is 4.98 Å². The van der Waals surface area contributed by atoms with E-state index in [9.17, 15) is 0 Å². The Kier molecular flexibility index (Phi) is 3.87. The second-order valence-corrected chi connectivity index (χ2v) is 6.40. The van der Waals surface area contributed by atoms with Crippen LogP contribution in [0.5, 0.6) is 0 Å². The van der Waals surface area contributed by atoms with Gasteiger partial charge in [0.25, 0.3) is 0 Å². The summed E-state index contributed by atoms with van der Waals surface area (Å²) in [6.07, 6.45) is 1.95. The number of benzene rings is 1. The van der Waals surface area contributed by atoms with Crippen LogP contribution in [0.15, 0.2) is 34.9 Å². The summed E-state index contributed by atoms with van der Waals surface area (Å²) < 4.78 is 3.05. The van der Waals surface area contributed by atoms with E-state index in [-0.39, 0.29) is 0 Å². The van der Waals surface area contributed by atoms with E-state index >= 15 is 0 Å². The summed E-state index contributed by atoms with van der Waals surface area (Å²) in [7, 11) is 4.11. The molecular weight excluding hydrogens is 328 g/mol. The van der Waals surface area contributed by atoms with Gasteiger partial charge in [0, 0.05) is 52.5 Å². The lowest BCUT2D eigenvalue weighted by atomic mass is 10.2. The van der Waals surface area contributed by atoms with Crippen molar-refractivity contribution in [3.8, 4) is 0 Å². The van der Waals surface area contributed by atoms with Gasteiger partial charge in [-0.3, -0.25) is 9.58 Å². The molecule has 0 aliphatic rings. The Balaban J connectivity index is 1.75. The number of aromatic nitrogens is 3. The minimum atomic E-state index is 0.884. The lowest BCUT2D eigenvalue weighted by Crippen LogP contribution is -2.17. The van der Waals surface area contributed by atoms with Crippen molar-refractivity contribution in [1.82, 2.24) is 19.7 Å². The largest absolute Gasteiger partial charge is 0.357 e. The maximum absolute atomic E-state index is 4.30. The number of aromatic amines is 1. The standard InChI is InChI=1S/C16H19BrN4/c1-11-12(8-18-21(11)3)9-20(2)10-13-7-14-15(17)5-4-6-16(14)19-13/h4-8,19H,9-10H2,1-3H3. The van der Waals surface area contributed by atoms with Crippen LogP contribution in [0.3, 0.4) is 0 Å². The van der Waals surface area contributed by atoms with Gasteiger partial charge in [0.1, 0.15) is 0 Å². The summed E-state index contributed by atoms with van der Waals surface area (Å²) in [6.45, 7) is 3.89. The zero-order valence-corrected chi connectivity index (χ0v) is 14.1. The van der Waals surface area contributed by atoms with Crippen molar-refractivity contribution in [2.45, 2.75) is 20.0 Å². The molecule has 0 amide bonds. The van der Waals surface area contributed by atoms with Gasteiger partial charge in [0.2, 0.25) is 0 Å². The van der Waals surface area contributed by atoms with E-state index in [2.05, 4.69) is 69.1 Å². The average Bonchev–Trinajstić information content (AvgIpc) is 2.98. The first-order valence-electron chi connectivity index (χ1n) is 6.96. The van der Waals surface area contributed by atoms with E-state index < -0.39 is 0 Å². The fraction of sp³-hybridized carbons (Fsp3) is 0.312. The zero-order chi connectivity index (χ0) is 15.0. The van der Waals surface area contributed by atoms with Crippen molar-refractivity contribution in [3.63, 3.8) is 0 Å². The van der Waals surface area contributed by atoms with Crippen molar-refractivity contribution in [2.75, 3.05) is 7.05 Å². The van der Waals surface area contributed by atoms with Crippen molar-refractivity contribution < 1.29 is 0 Å². The van der Waals surface area contributed by atoms with Crippen molar-refractivity contribution in [3.05, 3.63) is 51.9 Å². The van der Waals surface area contributed by atoms with Crippen LogP contribution in [0.1, 0.15) is 17.0 Å². The van der Waals surface area contributed by atoms with E-state index in [1.807, 2.05) is 17.9 Å². The highest BCUT2D eigenvalue weighted by Crippen LogP contribution is 2.25. The quantitative estimate of drug-likeness (QED) is 0.783. The third kappa shape index (κ3) is 2.89. The molecule has 2 heterocycles. The molecule has 0 saturated heterocycles. The highest BCUT2D eigenvalue weighted by atomic mass is 79.9. The smallest absolute Gasteiger partial charge is 0.0537 e. The van der Waals surface area contributed by atoms with E-state index in [1.165, 1.54) is 27.9 Å². The van der Waals surface area contributed by atoms with Gasteiger partial charge >= 0.3 is 0 Å². The van der Waals surface area contributed by atoms with Gasteiger partial charge in [0.15, 0.2) is 0 Å². The molecule has 21 heavy (non-hydrogen) atoms. The maximum atomic E-state index is 4.30. The molecular formula is C16H19BrN4. The molecule has 1 aromatic carbocycles. The molecule has 3 aromatic rings. The van der Waals surface area contributed by atoms with Crippen LogP contribution in [0.4, 0.5) is 0 Å². The number of nitrogens with zero attached hydrogens (tertiary/aromatic N) is 3. The minimum absolute atomic E-state index is 0.884. The average molecular weight is 347 g/mol. The Hall–Kier alpha value is -1.59. The minimum Gasteiger partial charge on any atom is -0.357 e. The topological polar surface area (TPSA) is 36.9 Å². The van der Waals surface area contributed by atoms with Crippen LogP contribution in [-0.4, -0.2) is 26.7 Å². The summed E-state index contributed by atoms with van der Waals surface area (Å²) in [6, 6.07) is 8.44. The van der Waals surface area contributed by atoms with E-state index in [0.29, 0.717) is 0 Å². The number of fused-ring (bicyclic) bond motifs is 1. The van der Waals surface area contributed by atoms with E-state index in [4.69, 9.17) is 0 Å². The van der Waals surface area contributed by atoms with Gasteiger partial charge in [0.05, 0.1) is 6.20 Å². The SMILES string of the molecule is Cc1c(CN(C)Cc2cc3c(Br)cccc3[nH]2)cnn1C. The summed E-state index contributed by atoms with van der Waals surface area (Å²) in [5.41, 5.74) is 4.89. The summed E-state index contributed by atoms with van der Waals surface area (Å²) >= 11 is 3.60. The molecule has 0 saturated carbocycles. The van der Waals surface area contributed by atoms with Crippen molar-refractivity contribution >= 4 is 26.8 Å². The Labute approximate surface area is 132 Å². The third-order valence-electron chi connectivity index (χ3n) is 3.88. The Bertz CT molecular complexity index is 772. The van der Waals surface area contributed by atoms with Crippen LogP contribution in [-0.2, 0) is 20.1 Å². The first kappa shape index (κ1) is 14.4. The van der Waals surface area contributed by atoms with Crippen molar-refractivity contribution in [2.24, 2.45) is 7.05 Å². The van der Waals surface area contributed by atoms with Gasteiger partial charge in [-0.05, 0) is 32.2 Å². The van der Waals surface area contributed by atoms with Gasteiger partial charge in [-0.2, -0.15) is 5.10 Å². The molecule has 0 unspecified atom stereocenters. The van der Waals surface area contributed by atoms with Crippen LogP contribution < -0.4 is 0 Å². The predicted molar refractivity (Wildman–Crippen MR) is 89.1 cm³/mol. The summed E-state index contributed by atoms with van der Waals surface area (Å²) in [5, 5.41) is 5.53. The Morgan fingerprint density at radius 1 is 1.33 bits per heavy atom. The fourth-order valence-corrected chi connectivity index (χ4v) is 3.08. The fourth-order valence-electron chi connectivity index (χ4n) is 2.60. The van der Waals surface area contributed by atoms with Crippen LogP contribution >= 0.6 is 15.9 Å². The first-order valence-corrected chi connectivity index (χ1v) is 7.76. The molecule has 0 fully saturated rings. The van der Waals surface area contributed by atoms with Crippen LogP contribution in [0.25, 0.3) is 10.9 Å². The number of rotatable bonds is 4. The van der Waals surface area contributed by atoms with Crippen LogP contribution in [0, 0.1) is 6.92 Å². The second kappa shape index (κ2) is 5.66. The summed E-state index contributed by atoms with van der Waals surface area (Å²) in [4.78, 5) is 5.77. The predicted octanol–water partition coefficient (Wildman–Crippen LogP) is 3.60. The van der Waals surface area contributed by atoms with Crippen LogP contribution in [0.2, 0.25) is 0 Å². The number of H-pyrrole nitrogens is 1. The van der Waals surface area contributed by atoms with Crippen molar-refractivity contribution in [1.29, 1.82) is 0 Å².